The van der Waals surface area contributed by atoms with Crippen LogP contribution in [0.3, 0.4) is 0 Å². The highest BCUT2D eigenvalue weighted by atomic mass is 16.7. The molecule has 3 nitrogen and oxygen atoms in total. The molecule has 0 N–H and O–H groups in total. The van der Waals surface area contributed by atoms with E-state index in [0.717, 1.165) is 0 Å². The number of rotatable bonds is 5. The Morgan fingerprint density at radius 3 is 1.24 bits per heavy atom. The highest BCUT2D eigenvalue weighted by molar-refractivity contribution is 4.92. The molecule has 0 aromatic heterocycles. The van der Waals surface area contributed by atoms with Crippen molar-refractivity contribution in [3.05, 3.63) is 0 Å². The van der Waals surface area contributed by atoms with Gasteiger partial charge in [-0.1, -0.05) is 0 Å². The fourth-order valence-electron chi connectivity index (χ4n) is 1.67. The monoisotopic (exact) mass is 246 g/mol. The predicted molar refractivity (Wildman–Crippen MR) is 71.2 cm³/mol. The molecule has 0 unspecified atom stereocenters. The van der Waals surface area contributed by atoms with Gasteiger partial charge < -0.3 is 14.2 Å². The van der Waals surface area contributed by atoms with Gasteiger partial charge >= 0.3 is 0 Å². The van der Waals surface area contributed by atoms with Gasteiger partial charge in [-0.25, -0.2) is 0 Å². The van der Waals surface area contributed by atoms with Crippen molar-refractivity contribution in [3.63, 3.8) is 0 Å². The van der Waals surface area contributed by atoms with E-state index in [9.17, 15) is 0 Å². The first-order valence-corrected chi connectivity index (χ1v) is 6.18. The molecule has 0 aliphatic heterocycles. The second-order valence-corrected chi connectivity index (χ2v) is 6.94. The summed E-state index contributed by atoms with van der Waals surface area (Å²) in [4.78, 5) is 0. The van der Waals surface area contributed by atoms with Gasteiger partial charge in [0.25, 0.3) is 0 Å². The quantitative estimate of drug-likeness (QED) is 0.691. The summed E-state index contributed by atoms with van der Waals surface area (Å²) in [5.41, 5.74) is -1.08. The molecule has 0 rings (SSSR count). The van der Waals surface area contributed by atoms with Crippen LogP contribution >= 0.6 is 0 Å². The fourth-order valence-corrected chi connectivity index (χ4v) is 1.67. The van der Waals surface area contributed by atoms with Crippen LogP contribution in [0.25, 0.3) is 0 Å². The molecule has 0 aliphatic carbocycles. The summed E-state index contributed by atoms with van der Waals surface area (Å²) < 4.78 is 17.5. The van der Waals surface area contributed by atoms with Crippen molar-refractivity contribution in [2.45, 2.75) is 84.9 Å². The van der Waals surface area contributed by atoms with Crippen LogP contribution in [-0.2, 0) is 14.2 Å². The average molecular weight is 246 g/mol. The molecule has 0 amide bonds. The number of hydrogen-bond donors (Lipinski definition) is 0. The summed E-state index contributed by atoms with van der Waals surface area (Å²) in [6, 6.07) is 0. The summed E-state index contributed by atoms with van der Waals surface area (Å²) in [5, 5.41) is 0. The molecule has 3 heteroatoms. The van der Waals surface area contributed by atoms with Crippen molar-refractivity contribution >= 4 is 0 Å². The van der Waals surface area contributed by atoms with Crippen molar-refractivity contribution < 1.29 is 14.2 Å². The first kappa shape index (κ1) is 16.9. The van der Waals surface area contributed by atoms with Crippen LogP contribution in [0.1, 0.15) is 62.3 Å². The van der Waals surface area contributed by atoms with E-state index in [0.29, 0.717) is 0 Å². The standard InChI is InChI=1S/C14H30O3/c1-11(2,3)16-12(4,5)13(6,7)17-14(8,9)15-10/h1-10H3. The van der Waals surface area contributed by atoms with Crippen LogP contribution in [0, 0.1) is 0 Å². The van der Waals surface area contributed by atoms with E-state index < -0.39 is 17.0 Å². The number of hydrogen-bond acceptors (Lipinski definition) is 3. The van der Waals surface area contributed by atoms with Crippen molar-refractivity contribution in [2.24, 2.45) is 0 Å². The zero-order chi connectivity index (χ0) is 14.1. The van der Waals surface area contributed by atoms with Gasteiger partial charge in [-0.05, 0) is 62.3 Å². The maximum Gasteiger partial charge on any atom is 0.163 e. The lowest BCUT2D eigenvalue weighted by atomic mass is 9.87. The van der Waals surface area contributed by atoms with Gasteiger partial charge in [0.1, 0.15) is 0 Å². The highest BCUT2D eigenvalue weighted by Gasteiger charge is 2.45. The van der Waals surface area contributed by atoms with Crippen LogP contribution in [0.4, 0.5) is 0 Å². The zero-order valence-electron chi connectivity index (χ0n) is 13.2. The summed E-state index contributed by atoms with van der Waals surface area (Å²) in [6.07, 6.45) is 0. The Morgan fingerprint density at radius 1 is 0.588 bits per heavy atom. The van der Waals surface area contributed by atoms with Gasteiger partial charge in [-0.2, -0.15) is 0 Å². The topological polar surface area (TPSA) is 27.7 Å². The van der Waals surface area contributed by atoms with Crippen LogP contribution < -0.4 is 0 Å². The third-order valence-corrected chi connectivity index (χ3v) is 3.00. The Hall–Kier alpha value is -0.120. The van der Waals surface area contributed by atoms with Crippen LogP contribution in [0.15, 0.2) is 0 Å². The lowest BCUT2D eigenvalue weighted by Crippen LogP contribution is -2.55. The van der Waals surface area contributed by atoms with E-state index >= 15 is 0 Å². The molecule has 0 fully saturated rings. The minimum Gasteiger partial charge on any atom is -0.367 e. The van der Waals surface area contributed by atoms with Crippen LogP contribution in [0.2, 0.25) is 0 Å². The van der Waals surface area contributed by atoms with Gasteiger partial charge in [0.15, 0.2) is 5.79 Å². The van der Waals surface area contributed by atoms with E-state index in [4.69, 9.17) is 14.2 Å². The van der Waals surface area contributed by atoms with Gasteiger partial charge in [0.2, 0.25) is 0 Å². The van der Waals surface area contributed by atoms with Crippen molar-refractivity contribution in [2.75, 3.05) is 7.11 Å². The molecule has 0 saturated carbocycles. The van der Waals surface area contributed by atoms with E-state index in [1.54, 1.807) is 7.11 Å². The molecule has 0 heterocycles. The summed E-state index contributed by atoms with van der Waals surface area (Å²) in [6.45, 7) is 18.1. The molecule has 0 aliphatic rings. The summed E-state index contributed by atoms with van der Waals surface area (Å²) >= 11 is 0. The van der Waals surface area contributed by atoms with Gasteiger partial charge in [-0.3, -0.25) is 0 Å². The summed E-state index contributed by atoms with van der Waals surface area (Å²) in [5.74, 6) is -0.623. The third kappa shape index (κ3) is 5.36. The van der Waals surface area contributed by atoms with Gasteiger partial charge in [0.05, 0.1) is 16.8 Å². The molecular weight excluding hydrogens is 216 g/mol. The zero-order valence-corrected chi connectivity index (χ0v) is 13.2. The molecule has 0 aromatic rings. The van der Waals surface area contributed by atoms with Crippen molar-refractivity contribution in [1.82, 2.24) is 0 Å². The second kappa shape index (κ2) is 4.87. The maximum absolute atomic E-state index is 6.10. The molecule has 0 atom stereocenters. The molecule has 17 heavy (non-hydrogen) atoms. The first-order valence-electron chi connectivity index (χ1n) is 6.18. The minimum absolute atomic E-state index is 0.207. The van der Waals surface area contributed by atoms with E-state index in [-0.39, 0.29) is 5.60 Å². The molecular formula is C14H30O3. The molecule has 0 bridgehead atoms. The second-order valence-electron chi connectivity index (χ2n) is 6.94. The molecule has 0 spiro atoms. The Morgan fingerprint density at radius 2 is 0.941 bits per heavy atom. The smallest absolute Gasteiger partial charge is 0.163 e. The molecule has 0 saturated heterocycles. The lowest BCUT2D eigenvalue weighted by Gasteiger charge is -2.47. The Balaban J connectivity index is 4.91. The average Bonchev–Trinajstić information content (AvgIpc) is 1.97. The summed E-state index contributed by atoms with van der Waals surface area (Å²) in [7, 11) is 1.65. The van der Waals surface area contributed by atoms with Gasteiger partial charge in [-0.15, -0.1) is 0 Å². The van der Waals surface area contributed by atoms with Crippen molar-refractivity contribution in [1.29, 1.82) is 0 Å². The van der Waals surface area contributed by atoms with Crippen LogP contribution in [0.5, 0.6) is 0 Å². The number of methoxy groups -OCH3 is 1. The lowest BCUT2D eigenvalue weighted by molar-refractivity contribution is -0.306. The first-order chi connectivity index (χ1) is 7.22. The molecule has 104 valence electrons. The third-order valence-electron chi connectivity index (χ3n) is 3.00. The van der Waals surface area contributed by atoms with Crippen LogP contribution in [-0.4, -0.2) is 29.7 Å². The SMILES string of the molecule is COC(C)(C)OC(C)(C)C(C)(C)OC(C)(C)C. The largest absolute Gasteiger partial charge is 0.367 e. The number of ether oxygens (including phenoxy) is 3. The molecule has 0 aromatic carbocycles. The Bertz CT molecular complexity index is 247. The Labute approximate surface area is 107 Å². The van der Waals surface area contributed by atoms with Gasteiger partial charge in [0, 0.05) is 7.11 Å². The van der Waals surface area contributed by atoms with E-state index in [1.165, 1.54) is 0 Å². The fraction of sp³-hybridized carbons (Fsp3) is 1.00. The van der Waals surface area contributed by atoms with E-state index in [1.807, 2.05) is 62.3 Å². The van der Waals surface area contributed by atoms with Crippen molar-refractivity contribution in [3.8, 4) is 0 Å². The highest BCUT2D eigenvalue weighted by Crippen LogP contribution is 2.36. The normalized spacial score (nSPS) is 15.2. The molecule has 0 radical (unpaired) electrons. The van der Waals surface area contributed by atoms with E-state index in [2.05, 4.69) is 0 Å². The minimum atomic E-state index is -0.623. The Kier molecular flexibility index (Phi) is 4.83. The maximum atomic E-state index is 6.10. The predicted octanol–water partition coefficient (Wildman–Crippen LogP) is 3.76.